The maximum atomic E-state index is 12.3. The Balaban J connectivity index is 1.77. The molecule has 3 heterocycles. The van der Waals surface area contributed by atoms with Crippen molar-refractivity contribution < 1.29 is 14.3 Å². The molecule has 0 saturated carbocycles. The Kier molecular flexibility index (Phi) is 4.91. The van der Waals surface area contributed by atoms with Gasteiger partial charge in [0.15, 0.2) is 0 Å². The van der Waals surface area contributed by atoms with Gasteiger partial charge in [-0.25, -0.2) is 4.79 Å². The quantitative estimate of drug-likeness (QED) is 0.761. The molecule has 6 heteroatoms. The second-order valence-corrected chi connectivity index (χ2v) is 7.67. The second kappa shape index (κ2) is 7.32. The zero-order valence-corrected chi connectivity index (χ0v) is 15.4. The second-order valence-electron chi connectivity index (χ2n) is 6.50. The van der Waals surface area contributed by atoms with E-state index in [-0.39, 0.29) is 0 Å². The van der Waals surface area contributed by atoms with Crippen LogP contribution in [0.3, 0.4) is 0 Å². The normalized spacial score (nSPS) is 16.8. The van der Waals surface area contributed by atoms with Crippen LogP contribution < -0.4 is 5.63 Å². The van der Waals surface area contributed by atoms with Gasteiger partial charge >= 0.3 is 5.63 Å². The standard InChI is InChI=1S/C20H21NO4S/c1-13(22)19-18(15-4-2-3-5-16(15)20(23)25-19)17-7-6-14(26-17)12-21-8-10-24-11-9-21/h2-7,13,22H,8-12H2,1H3. The average Bonchev–Trinajstić information content (AvgIpc) is 3.10. The van der Waals surface area contributed by atoms with Crippen molar-refractivity contribution in [1.82, 2.24) is 4.90 Å². The van der Waals surface area contributed by atoms with E-state index in [1.54, 1.807) is 24.3 Å². The lowest BCUT2D eigenvalue weighted by Gasteiger charge is -2.25. The minimum Gasteiger partial charge on any atom is -0.424 e. The van der Waals surface area contributed by atoms with Crippen LogP contribution in [0.5, 0.6) is 0 Å². The molecule has 1 aliphatic rings. The zero-order chi connectivity index (χ0) is 18.1. The van der Waals surface area contributed by atoms with Gasteiger partial charge in [0, 0.05) is 40.3 Å². The van der Waals surface area contributed by atoms with E-state index >= 15 is 0 Å². The van der Waals surface area contributed by atoms with Crippen LogP contribution in [0.15, 0.2) is 45.6 Å². The van der Waals surface area contributed by atoms with E-state index in [1.807, 2.05) is 24.3 Å². The van der Waals surface area contributed by atoms with Crippen molar-refractivity contribution in [3.05, 3.63) is 57.5 Å². The summed E-state index contributed by atoms with van der Waals surface area (Å²) >= 11 is 1.68. The minimum atomic E-state index is -0.855. The smallest absolute Gasteiger partial charge is 0.343 e. The van der Waals surface area contributed by atoms with Crippen LogP contribution in [0.1, 0.15) is 23.7 Å². The fourth-order valence-corrected chi connectivity index (χ4v) is 4.46. The highest BCUT2D eigenvalue weighted by Gasteiger charge is 2.20. The Morgan fingerprint density at radius 1 is 1.15 bits per heavy atom. The molecule has 1 aliphatic heterocycles. The molecule has 1 N–H and O–H groups in total. The fourth-order valence-electron chi connectivity index (χ4n) is 3.34. The number of nitrogens with zero attached hydrogens (tertiary/aromatic N) is 1. The van der Waals surface area contributed by atoms with E-state index in [9.17, 15) is 9.90 Å². The number of morpholine rings is 1. The highest BCUT2D eigenvalue weighted by Crippen LogP contribution is 2.38. The van der Waals surface area contributed by atoms with Crippen LogP contribution in [0, 0.1) is 0 Å². The van der Waals surface area contributed by atoms with Crippen molar-refractivity contribution in [3.63, 3.8) is 0 Å². The van der Waals surface area contributed by atoms with Crippen LogP contribution >= 0.6 is 11.3 Å². The van der Waals surface area contributed by atoms with Gasteiger partial charge in [-0.1, -0.05) is 18.2 Å². The van der Waals surface area contributed by atoms with E-state index in [0.717, 1.165) is 48.7 Å². The van der Waals surface area contributed by atoms with Crippen LogP contribution in [0.2, 0.25) is 0 Å². The molecular formula is C20H21NO4S. The summed E-state index contributed by atoms with van der Waals surface area (Å²) in [5, 5.41) is 11.5. The largest absolute Gasteiger partial charge is 0.424 e. The summed E-state index contributed by atoms with van der Waals surface area (Å²) in [5.74, 6) is 0.327. The lowest BCUT2D eigenvalue weighted by Crippen LogP contribution is -2.35. The lowest BCUT2D eigenvalue weighted by molar-refractivity contribution is 0.0346. The van der Waals surface area contributed by atoms with Gasteiger partial charge in [0.05, 0.1) is 18.6 Å². The predicted molar refractivity (Wildman–Crippen MR) is 103 cm³/mol. The molecule has 0 spiro atoms. The Morgan fingerprint density at radius 2 is 1.88 bits per heavy atom. The van der Waals surface area contributed by atoms with Crippen LogP contribution in [-0.4, -0.2) is 36.3 Å². The summed E-state index contributed by atoms with van der Waals surface area (Å²) in [7, 11) is 0. The van der Waals surface area contributed by atoms with E-state index in [1.165, 1.54) is 4.88 Å². The zero-order valence-electron chi connectivity index (χ0n) is 14.6. The molecule has 1 atom stereocenters. The molecular weight excluding hydrogens is 350 g/mol. The number of fused-ring (bicyclic) bond motifs is 1. The molecule has 1 saturated heterocycles. The molecule has 3 aromatic rings. The summed E-state index contributed by atoms with van der Waals surface area (Å²) in [6.07, 6.45) is -0.855. The Morgan fingerprint density at radius 3 is 2.62 bits per heavy atom. The summed E-state index contributed by atoms with van der Waals surface area (Å²) in [6, 6.07) is 11.6. The molecule has 1 aromatic carbocycles. The van der Waals surface area contributed by atoms with Gasteiger partial charge < -0.3 is 14.3 Å². The number of aliphatic hydroxyl groups is 1. The highest BCUT2D eigenvalue weighted by atomic mass is 32.1. The molecule has 1 fully saturated rings. The van der Waals surface area contributed by atoms with E-state index in [4.69, 9.17) is 9.15 Å². The van der Waals surface area contributed by atoms with Gasteiger partial charge in [0.1, 0.15) is 11.9 Å². The molecule has 0 radical (unpaired) electrons. The first-order valence-electron chi connectivity index (χ1n) is 8.76. The van der Waals surface area contributed by atoms with Crippen LogP contribution in [0.25, 0.3) is 21.2 Å². The molecule has 26 heavy (non-hydrogen) atoms. The van der Waals surface area contributed by atoms with Crippen molar-refractivity contribution in [1.29, 1.82) is 0 Å². The van der Waals surface area contributed by atoms with Crippen LogP contribution in [-0.2, 0) is 11.3 Å². The van der Waals surface area contributed by atoms with E-state index in [2.05, 4.69) is 11.0 Å². The third-order valence-corrected chi connectivity index (χ3v) is 5.72. The van der Waals surface area contributed by atoms with Crippen molar-refractivity contribution in [2.24, 2.45) is 0 Å². The SMILES string of the molecule is CC(O)c1oc(=O)c2ccccc2c1-c1ccc(CN2CCOCC2)s1. The first-order valence-corrected chi connectivity index (χ1v) is 9.58. The number of benzene rings is 1. The monoisotopic (exact) mass is 371 g/mol. The number of thiophene rings is 1. The number of hydrogen-bond donors (Lipinski definition) is 1. The molecule has 5 nitrogen and oxygen atoms in total. The maximum absolute atomic E-state index is 12.3. The predicted octanol–water partition coefficient (Wildman–Crippen LogP) is 3.41. The first-order chi connectivity index (χ1) is 12.6. The summed E-state index contributed by atoms with van der Waals surface area (Å²) < 4.78 is 10.9. The third-order valence-electron chi connectivity index (χ3n) is 4.64. The van der Waals surface area contributed by atoms with Gasteiger partial charge in [-0.2, -0.15) is 0 Å². The third kappa shape index (κ3) is 3.33. The summed E-state index contributed by atoms with van der Waals surface area (Å²) in [6.45, 7) is 5.94. The molecule has 0 bridgehead atoms. The molecule has 0 aliphatic carbocycles. The fraction of sp³-hybridized carbons (Fsp3) is 0.350. The van der Waals surface area contributed by atoms with Gasteiger partial charge in [0.2, 0.25) is 0 Å². The maximum Gasteiger partial charge on any atom is 0.343 e. The molecule has 1 unspecified atom stereocenters. The van der Waals surface area contributed by atoms with Crippen molar-refractivity contribution in [2.45, 2.75) is 19.6 Å². The van der Waals surface area contributed by atoms with Gasteiger partial charge in [-0.05, 0) is 25.1 Å². The summed E-state index contributed by atoms with van der Waals surface area (Å²) in [4.78, 5) is 16.9. The Labute approximate surface area is 155 Å². The van der Waals surface area contributed by atoms with Crippen molar-refractivity contribution >= 4 is 22.1 Å². The molecule has 4 rings (SSSR count). The van der Waals surface area contributed by atoms with E-state index in [0.29, 0.717) is 11.1 Å². The Bertz CT molecular complexity index is 969. The average molecular weight is 371 g/mol. The first kappa shape index (κ1) is 17.4. The lowest BCUT2D eigenvalue weighted by atomic mass is 10.0. The number of hydrogen-bond acceptors (Lipinski definition) is 6. The van der Waals surface area contributed by atoms with Gasteiger partial charge in [-0.15, -0.1) is 11.3 Å². The number of aliphatic hydroxyl groups excluding tert-OH is 1. The van der Waals surface area contributed by atoms with Crippen LogP contribution in [0.4, 0.5) is 0 Å². The van der Waals surface area contributed by atoms with Crippen molar-refractivity contribution in [3.8, 4) is 10.4 Å². The topological polar surface area (TPSA) is 62.9 Å². The van der Waals surface area contributed by atoms with E-state index < -0.39 is 11.7 Å². The molecule has 2 aromatic heterocycles. The molecule has 0 amide bonds. The highest BCUT2D eigenvalue weighted by molar-refractivity contribution is 7.15. The van der Waals surface area contributed by atoms with Gasteiger partial charge in [0.25, 0.3) is 0 Å². The minimum absolute atomic E-state index is 0.327. The number of ether oxygens (including phenoxy) is 1. The Hall–Kier alpha value is -1.99. The molecule has 136 valence electrons. The summed E-state index contributed by atoms with van der Waals surface area (Å²) in [5.41, 5.74) is 0.402. The van der Waals surface area contributed by atoms with Crippen molar-refractivity contribution in [2.75, 3.05) is 26.3 Å². The van der Waals surface area contributed by atoms with Gasteiger partial charge in [-0.3, -0.25) is 4.90 Å². The number of rotatable bonds is 4.